The molecule has 0 aromatic rings. The summed E-state index contributed by atoms with van der Waals surface area (Å²) in [5, 5.41) is -0.546. The van der Waals surface area contributed by atoms with Gasteiger partial charge in [-0.3, -0.25) is 0 Å². The highest BCUT2D eigenvalue weighted by atomic mass is 32.2. The third-order valence-electron chi connectivity index (χ3n) is 3.01. The molecule has 0 radical (unpaired) electrons. The molecule has 6 heteroatoms. The standard InChI is InChI=1S/C10H19F2NO2S/c11-10(12,16(14)15)6-7-13-8-9-4-2-1-3-5-9/h9,13H,1-8H2,(H,14,15). The van der Waals surface area contributed by atoms with E-state index in [0.717, 1.165) is 19.4 Å². The molecule has 96 valence electrons. The van der Waals surface area contributed by atoms with Crippen LogP contribution in [0, 0.1) is 5.92 Å². The molecule has 1 fully saturated rings. The topological polar surface area (TPSA) is 49.3 Å². The molecule has 1 atom stereocenters. The number of nitrogens with one attached hydrogen (secondary N) is 1. The maximum atomic E-state index is 12.7. The number of rotatable bonds is 6. The maximum absolute atomic E-state index is 12.7. The van der Waals surface area contributed by atoms with E-state index in [-0.39, 0.29) is 6.54 Å². The van der Waals surface area contributed by atoms with E-state index >= 15 is 0 Å². The van der Waals surface area contributed by atoms with Gasteiger partial charge >= 0.3 is 5.25 Å². The first-order valence-corrected chi connectivity index (χ1v) is 6.82. The first-order chi connectivity index (χ1) is 7.52. The third-order valence-corrected chi connectivity index (χ3v) is 3.72. The Kier molecular flexibility index (Phi) is 5.78. The second-order valence-electron chi connectivity index (χ2n) is 4.34. The zero-order valence-corrected chi connectivity index (χ0v) is 10.1. The summed E-state index contributed by atoms with van der Waals surface area (Å²) in [4.78, 5) is 0. The van der Waals surface area contributed by atoms with Crippen molar-refractivity contribution in [2.45, 2.75) is 43.8 Å². The maximum Gasteiger partial charge on any atom is 0.346 e. The summed E-state index contributed by atoms with van der Waals surface area (Å²) in [6.07, 6.45) is 5.47. The van der Waals surface area contributed by atoms with Gasteiger partial charge in [0.15, 0.2) is 0 Å². The third kappa shape index (κ3) is 4.84. The van der Waals surface area contributed by atoms with Gasteiger partial charge in [0, 0.05) is 13.0 Å². The monoisotopic (exact) mass is 255 g/mol. The molecule has 16 heavy (non-hydrogen) atoms. The lowest BCUT2D eigenvalue weighted by molar-refractivity contribution is 0.0799. The van der Waals surface area contributed by atoms with E-state index in [0.29, 0.717) is 5.92 Å². The predicted octanol–water partition coefficient (Wildman–Crippen LogP) is 2.36. The molecular formula is C10H19F2NO2S. The molecule has 0 aromatic carbocycles. The van der Waals surface area contributed by atoms with E-state index in [4.69, 9.17) is 4.55 Å². The number of halogens is 2. The lowest BCUT2D eigenvalue weighted by Gasteiger charge is -2.22. The van der Waals surface area contributed by atoms with E-state index in [1.165, 1.54) is 19.3 Å². The van der Waals surface area contributed by atoms with Crippen molar-refractivity contribution in [1.29, 1.82) is 0 Å². The van der Waals surface area contributed by atoms with Crippen LogP contribution in [-0.2, 0) is 11.1 Å². The first-order valence-electron chi connectivity index (χ1n) is 5.72. The van der Waals surface area contributed by atoms with Gasteiger partial charge in [0.1, 0.15) is 0 Å². The average molecular weight is 255 g/mol. The van der Waals surface area contributed by atoms with Gasteiger partial charge in [0.2, 0.25) is 11.1 Å². The molecule has 0 aromatic heterocycles. The fourth-order valence-electron chi connectivity index (χ4n) is 2.02. The minimum Gasteiger partial charge on any atom is -0.316 e. The minimum absolute atomic E-state index is 0.0931. The van der Waals surface area contributed by atoms with E-state index in [9.17, 15) is 13.0 Å². The van der Waals surface area contributed by atoms with E-state index < -0.39 is 22.8 Å². The molecule has 0 saturated heterocycles. The highest BCUT2D eigenvalue weighted by Crippen LogP contribution is 2.23. The minimum atomic E-state index is -3.49. The highest BCUT2D eigenvalue weighted by Gasteiger charge is 2.35. The molecule has 0 heterocycles. The Hall–Kier alpha value is -0.0700. The lowest BCUT2D eigenvalue weighted by Crippen LogP contribution is -2.31. The molecular weight excluding hydrogens is 236 g/mol. The van der Waals surface area contributed by atoms with Crippen LogP contribution in [0.2, 0.25) is 0 Å². The summed E-state index contributed by atoms with van der Waals surface area (Å²) < 4.78 is 44.0. The van der Waals surface area contributed by atoms with Crippen molar-refractivity contribution in [3.63, 3.8) is 0 Å². The molecule has 1 rings (SSSR count). The Bertz CT molecular complexity index is 233. The van der Waals surface area contributed by atoms with Crippen molar-refractivity contribution in [2.75, 3.05) is 13.1 Å². The van der Waals surface area contributed by atoms with Crippen LogP contribution in [0.15, 0.2) is 0 Å². The van der Waals surface area contributed by atoms with Crippen molar-refractivity contribution in [3.8, 4) is 0 Å². The van der Waals surface area contributed by atoms with Gasteiger partial charge in [-0.05, 0) is 25.3 Å². The fraction of sp³-hybridized carbons (Fsp3) is 1.00. The second-order valence-corrected chi connectivity index (χ2v) is 5.44. The molecule has 0 amide bonds. The van der Waals surface area contributed by atoms with Crippen molar-refractivity contribution >= 4 is 11.1 Å². The smallest absolute Gasteiger partial charge is 0.316 e. The van der Waals surface area contributed by atoms with Crippen LogP contribution in [0.5, 0.6) is 0 Å². The summed E-state index contributed by atoms with van der Waals surface area (Å²) in [6, 6.07) is 0. The van der Waals surface area contributed by atoms with Gasteiger partial charge in [0.05, 0.1) is 0 Å². The van der Waals surface area contributed by atoms with Gasteiger partial charge in [-0.15, -0.1) is 0 Å². The number of hydrogen-bond acceptors (Lipinski definition) is 2. The van der Waals surface area contributed by atoms with Crippen molar-refractivity contribution < 1.29 is 17.5 Å². The summed E-state index contributed by atoms with van der Waals surface area (Å²) in [5.41, 5.74) is 0. The molecule has 3 nitrogen and oxygen atoms in total. The highest BCUT2D eigenvalue weighted by molar-refractivity contribution is 7.80. The van der Waals surface area contributed by atoms with Crippen LogP contribution in [0.25, 0.3) is 0 Å². The van der Waals surface area contributed by atoms with Gasteiger partial charge in [0.25, 0.3) is 0 Å². The Morgan fingerprint density at radius 1 is 1.31 bits per heavy atom. The van der Waals surface area contributed by atoms with Gasteiger partial charge in [-0.1, -0.05) is 19.3 Å². The average Bonchev–Trinajstić information content (AvgIpc) is 2.26. The van der Waals surface area contributed by atoms with Crippen molar-refractivity contribution in [2.24, 2.45) is 5.92 Å². The quantitative estimate of drug-likeness (QED) is 0.566. The van der Waals surface area contributed by atoms with Crippen LogP contribution >= 0.6 is 0 Å². The molecule has 1 saturated carbocycles. The number of hydrogen-bond donors (Lipinski definition) is 2. The Morgan fingerprint density at radius 2 is 1.94 bits per heavy atom. The van der Waals surface area contributed by atoms with Gasteiger partial charge in [-0.25, -0.2) is 4.21 Å². The normalized spacial score (nSPS) is 20.9. The Labute approximate surface area is 97.3 Å². The lowest BCUT2D eigenvalue weighted by atomic mass is 9.89. The van der Waals surface area contributed by atoms with Gasteiger partial charge < -0.3 is 9.87 Å². The Balaban J connectivity index is 2.09. The number of alkyl halides is 2. The first kappa shape index (κ1) is 14.0. The van der Waals surface area contributed by atoms with Crippen LogP contribution in [0.3, 0.4) is 0 Å². The Morgan fingerprint density at radius 3 is 2.50 bits per heavy atom. The molecule has 1 aliphatic carbocycles. The molecule has 1 aliphatic rings. The van der Waals surface area contributed by atoms with Gasteiger partial charge in [-0.2, -0.15) is 8.78 Å². The van der Waals surface area contributed by atoms with Crippen LogP contribution in [-0.4, -0.2) is 27.1 Å². The SMILES string of the molecule is O=S(O)C(F)(F)CCNCC1CCCCC1. The second kappa shape index (κ2) is 6.61. The summed E-state index contributed by atoms with van der Waals surface area (Å²) in [5.74, 6) is 0.585. The molecule has 2 N–H and O–H groups in total. The zero-order valence-electron chi connectivity index (χ0n) is 9.25. The van der Waals surface area contributed by atoms with Crippen LogP contribution < -0.4 is 5.32 Å². The summed E-state index contributed by atoms with van der Waals surface area (Å²) in [6.45, 7) is 0.837. The summed E-state index contributed by atoms with van der Waals surface area (Å²) >= 11 is -3.06. The molecule has 1 unspecified atom stereocenters. The molecule has 0 bridgehead atoms. The fourth-order valence-corrected chi connectivity index (χ4v) is 2.30. The zero-order chi connectivity index (χ0) is 12.0. The largest absolute Gasteiger partial charge is 0.346 e. The summed E-state index contributed by atoms with van der Waals surface area (Å²) in [7, 11) is 0. The van der Waals surface area contributed by atoms with E-state index in [1.807, 2.05) is 0 Å². The predicted molar refractivity (Wildman–Crippen MR) is 59.8 cm³/mol. The van der Waals surface area contributed by atoms with Crippen molar-refractivity contribution in [3.05, 3.63) is 0 Å². The van der Waals surface area contributed by atoms with Crippen molar-refractivity contribution in [1.82, 2.24) is 5.32 Å². The van der Waals surface area contributed by atoms with E-state index in [2.05, 4.69) is 5.32 Å². The van der Waals surface area contributed by atoms with E-state index in [1.54, 1.807) is 0 Å². The van der Waals surface area contributed by atoms with Crippen LogP contribution in [0.4, 0.5) is 8.78 Å². The van der Waals surface area contributed by atoms with Crippen LogP contribution in [0.1, 0.15) is 38.5 Å². The molecule has 0 spiro atoms. The molecule has 0 aliphatic heterocycles.